The van der Waals surface area contributed by atoms with E-state index in [0.29, 0.717) is 28.4 Å². The van der Waals surface area contributed by atoms with Crippen LogP contribution in [0.1, 0.15) is 5.82 Å². The second kappa shape index (κ2) is 6.20. The molecule has 0 aliphatic heterocycles. The number of aromatic nitrogens is 4. The first-order valence-electron chi connectivity index (χ1n) is 7.66. The van der Waals surface area contributed by atoms with Gasteiger partial charge in [0.2, 0.25) is 0 Å². The minimum absolute atomic E-state index is 0.140. The number of hydrogen-bond acceptors (Lipinski definition) is 6. The standard InChI is InChI=1S/C18H14N4O3/c1-24-13-6-4-5-12(9-13)17-20-16(21-25-17)10-22-11-19-15-8-3-2-7-14(15)18(22)23/h2-9,11H,10H2,1H3. The van der Waals surface area contributed by atoms with Crippen molar-refractivity contribution in [3.05, 3.63) is 71.0 Å². The monoisotopic (exact) mass is 334 g/mol. The van der Waals surface area contributed by atoms with Gasteiger partial charge in [-0.3, -0.25) is 9.36 Å². The molecule has 0 atom stereocenters. The van der Waals surface area contributed by atoms with Crippen molar-refractivity contribution in [1.82, 2.24) is 19.7 Å². The van der Waals surface area contributed by atoms with Crippen LogP contribution < -0.4 is 10.3 Å². The van der Waals surface area contributed by atoms with Gasteiger partial charge in [-0.2, -0.15) is 4.98 Å². The van der Waals surface area contributed by atoms with Gasteiger partial charge in [-0.05, 0) is 30.3 Å². The van der Waals surface area contributed by atoms with E-state index in [-0.39, 0.29) is 12.1 Å². The second-order valence-electron chi connectivity index (χ2n) is 5.44. The fourth-order valence-electron chi connectivity index (χ4n) is 2.56. The van der Waals surface area contributed by atoms with E-state index in [9.17, 15) is 4.79 Å². The molecule has 0 spiro atoms. The molecule has 0 radical (unpaired) electrons. The molecule has 25 heavy (non-hydrogen) atoms. The summed E-state index contributed by atoms with van der Waals surface area (Å²) in [4.78, 5) is 21.2. The zero-order valence-corrected chi connectivity index (χ0v) is 13.4. The van der Waals surface area contributed by atoms with Crippen LogP contribution in [0.15, 0.2) is 64.2 Å². The smallest absolute Gasteiger partial charge is 0.261 e. The van der Waals surface area contributed by atoms with Crippen molar-refractivity contribution in [3.8, 4) is 17.2 Å². The normalized spacial score (nSPS) is 10.9. The summed E-state index contributed by atoms with van der Waals surface area (Å²) in [6.07, 6.45) is 1.49. The van der Waals surface area contributed by atoms with Gasteiger partial charge in [0.1, 0.15) is 5.75 Å². The Kier molecular flexibility index (Phi) is 3.74. The van der Waals surface area contributed by atoms with Crippen LogP contribution in [0.4, 0.5) is 0 Å². The number of ether oxygens (including phenoxy) is 1. The predicted octanol–water partition coefficient (Wildman–Crippen LogP) is 2.50. The number of nitrogens with zero attached hydrogens (tertiary/aromatic N) is 4. The number of rotatable bonds is 4. The molecular weight excluding hydrogens is 320 g/mol. The van der Waals surface area contributed by atoms with Crippen LogP contribution in [0, 0.1) is 0 Å². The third kappa shape index (κ3) is 2.87. The van der Waals surface area contributed by atoms with Crippen LogP contribution in [-0.2, 0) is 6.54 Å². The van der Waals surface area contributed by atoms with Crippen LogP contribution in [-0.4, -0.2) is 26.8 Å². The largest absolute Gasteiger partial charge is 0.497 e. The van der Waals surface area contributed by atoms with Gasteiger partial charge in [0.05, 0.1) is 30.9 Å². The molecule has 0 aliphatic rings. The van der Waals surface area contributed by atoms with Crippen molar-refractivity contribution in [1.29, 1.82) is 0 Å². The van der Waals surface area contributed by atoms with Crippen LogP contribution in [0.2, 0.25) is 0 Å². The molecule has 0 amide bonds. The van der Waals surface area contributed by atoms with Gasteiger partial charge in [0.15, 0.2) is 5.82 Å². The first-order chi connectivity index (χ1) is 12.2. The molecule has 0 fully saturated rings. The van der Waals surface area contributed by atoms with Crippen molar-refractivity contribution in [2.24, 2.45) is 0 Å². The summed E-state index contributed by atoms with van der Waals surface area (Å²) in [6, 6.07) is 14.5. The highest BCUT2D eigenvalue weighted by Crippen LogP contribution is 2.22. The molecule has 4 rings (SSSR count). The van der Waals surface area contributed by atoms with Gasteiger partial charge in [0, 0.05) is 5.56 Å². The Morgan fingerprint density at radius 1 is 1.16 bits per heavy atom. The fourth-order valence-corrected chi connectivity index (χ4v) is 2.56. The summed E-state index contributed by atoms with van der Waals surface area (Å²) in [6.45, 7) is 0.185. The summed E-state index contributed by atoms with van der Waals surface area (Å²) in [5.74, 6) is 1.47. The van der Waals surface area contributed by atoms with Gasteiger partial charge in [-0.1, -0.05) is 23.4 Å². The van der Waals surface area contributed by atoms with Gasteiger partial charge in [0.25, 0.3) is 11.4 Å². The Morgan fingerprint density at radius 2 is 2.04 bits per heavy atom. The highest BCUT2D eigenvalue weighted by atomic mass is 16.5. The van der Waals surface area contributed by atoms with E-state index in [1.165, 1.54) is 10.9 Å². The van der Waals surface area contributed by atoms with Crippen LogP contribution >= 0.6 is 0 Å². The van der Waals surface area contributed by atoms with E-state index < -0.39 is 0 Å². The molecule has 0 saturated heterocycles. The molecule has 0 bridgehead atoms. The number of benzene rings is 2. The van der Waals surface area contributed by atoms with Gasteiger partial charge < -0.3 is 9.26 Å². The topological polar surface area (TPSA) is 83.0 Å². The van der Waals surface area contributed by atoms with E-state index >= 15 is 0 Å². The third-order valence-corrected chi connectivity index (χ3v) is 3.83. The molecule has 0 unspecified atom stereocenters. The van der Waals surface area contributed by atoms with Crippen LogP contribution in [0.3, 0.4) is 0 Å². The number of para-hydroxylation sites is 1. The van der Waals surface area contributed by atoms with Crippen molar-refractivity contribution in [2.75, 3.05) is 7.11 Å². The molecule has 2 aromatic carbocycles. The Hall–Kier alpha value is -3.48. The van der Waals surface area contributed by atoms with E-state index in [0.717, 1.165) is 5.56 Å². The number of hydrogen-bond donors (Lipinski definition) is 0. The maximum atomic E-state index is 12.5. The number of methoxy groups -OCH3 is 1. The molecule has 0 aliphatic carbocycles. The van der Waals surface area contributed by atoms with Gasteiger partial charge >= 0.3 is 0 Å². The van der Waals surface area contributed by atoms with Crippen molar-refractivity contribution in [2.45, 2.75) is 6.54 Å². The van der Waals surface area contributed by atoms with Crippen molar-refractivity contribution >= 4 is 10.9 Å². The first-order valence-corrected chi connectivity index (χ1v) is 7.66. The van der Waals surface area contributed by atoms with Crippen LogP contribution in [0.5, 0.6) is 5.75 Å². The molecule has 0 saturated carbocycles. The Morgan fingerprint density at radius 3 is 2.92 bits per heavy atom. The first kappa shape index (κ1) is 15.1. The van der Waals surface area contributed by atoms with Crippen LogP contribution in [0.25, 0.3) is 22.4 Å². The quantitative estimate of drug-likeness (QED) is 0.570. The molecule has 2 heterocycles. The summed E-state index contributed by atoms with van der Waals surface area (Å²) < 4.78 is 12.0. The molecule has 7 nitrogen and oxygen atoms in total. The summed E-state index contributed by atoms with van der Waals surface area (Å²) in [7, 11) is 1.59. The third-order valence-electron chi connectivity index (χ3n) is 3.83. The van der Waals surface area contributed by atoms with E-state index in [1.807, 2.05) is 30.3 Å². The lowest BCUT2D eigenvalue weighted by atomic mass is 10.2. The summed E-state index contributed by atoms with van der Waals surface area (Å²) in [5.41, 5.74) is 1.27. The average molecular weight is 334 g/mol. The lowest BCUT2D eigenvalue weighted by molar-refractivity contribution is 0.411. The summed E-state index contributed by atoms with van der Waals surface area (Å²) >= 11 is 0. The SMILES string of the molecule is COc1cccc(-c2nc(Cn3cnc4ccccc4c3=O)no2)c1. The molecule has 0 N–H and O–H groups in total. The van der Waals surface area contributed by atoms with E-state index in [4.69, 9.17) is 9.26 Å². The highest BCUT2D eigenvalue weighted by molar-refractivity contribution is 5.76. The Labute approximate surface area is 142 Å². The molecular formula is C18H14N4O3. The zero-order valence-electron chi connectivity index (χ0n) is 13.4. The molecule has 124 valence electrons. The Bertz CT molecular complexity index is 1100. The van der Waals surface area contributed by atoms with Gasteiger partial charge in [-0.15, -0.1) is 0 Å². The van der Waals surface area contributed by atoms with Crippen molar-refractivity contribution < 1.29 is 9.26 Å². The zero-order chi connectivity index (χ0) is 17.2. The second-order valence-corrected chi connectivity index (χ2v) is 5.44. The Balaban J connectivity index is 1.65. The van der Waals surface area contributed by atoms with Crippen molar-refractivity contribution in [3.63, 3.8) is 0 Å². The minimum Gasteiger partial charge on any atom is -0.497 e. The van der Waals surface area contributed by atoms with E-state index in [1.54, 1.807) is 25.3 Å². The molecule has 4 aromatic rings. The highest BCUT2D eigenvalue weighted by Gasteiger charge is 2.11. The number of fused-ring (bicyclic) bond motifs is 1. The molecule has 2 aromatic heterocycles. The minimum atomic E-state index is -0.140. The maximum Gasteiger partial charge on any atom is 0.261 e. The molecule has 7 heteroatoms. The summed E-state index contributed by atoms with van der Waals surface area (Å²) in [5, 5.41) is 4.51. The lowest BCUT2D eigenvalue weighted by Gasteiger charge is -2.03. The maximum absolute atomic E-state index is 12.5. The lowest BCUT2D eigenvalue weighted by Crippen LogP contribution is -2.21. The van der Waals surface area contributed by atoms with E-state index in [2.05, 4.69) is 15.1 Å². The predicted molar refractivity (Wildman–Crippen MR) is 91.4 cm³/mol. The fraction of sp³-hybridized carbons (Fsp3) is 0.111. The van der Waals surface area contributed by atoms with Gasteiger partial charge in [-0.25, -0.2) is 4.98 Å². The average Bonchev–Trinajstić information content (AvgIpc) is 3.13.